The lowest BCUT2D eigenvalue weighted by Crippen LogP contribution is -2.46. The van der Waals surface area contributed by atoms with E-state index in [-0.39, 0.29) is 18.0 Å². The van der Waals surface area contributed by atoms with Crippen molar-refractivity contribution in [3.8, 4) is 11.5 Å². The largest absolute Gasteiger partial charge is 0.493 e. The van der Waals surface area contributed by atoms with Gasteiger partial charge in [-0.25, -0.2) is 0 Å². The summed E-state index contributed by atoms with van der Waals surface area (Å²) in [7, 11) is 3.24. The van der Waals surface area contributed by atoms with Crippen LogP contribution in [0.3, 0.4) is 0 Å². The molecule has 0 radical (unpaired) electrons. The van der Waals surface area contributed by atoms with Crippen molar-refractivity contribution in [2.45, 2.75) is 25.4 Å². The molecule has 5 nitrogen and oxygen atoms in total. The molecular weight excluding hydrogens is 288 g/mol. The number of thioether (sulfide) groups is 1. The predicted molar refractivity (Wildman–Crippen MR) is 85.1 cm³/mol. The van der Waals surface area contributed by atoms with Gasteiger partial charge in [0.1, 0.15) is 0 Å². The van der Waals surface area contributed by atoms with Crippen molar-refractivity contribution in [3.05, 3.63) is 23.8 Å². The topological polar surface area (TPSA) is 59.6 Å². The number of methoxy groups -OCH3 is 2. The molecule has 1 heterocycles. The van der Waals surface area contributed by atoms with Crippen LogP contribution in [0.2, 0.25) is 0 Å². The average Bonchev–Trinajstić information content (AvgIpc) is 3.01. The fraction of sp³-hybridized carbons (Fsp3) is 0.533. The van der Waals surface area contributed by atoms with Gasteiger partial charge in [-0.15, -0.1) is 11.8 Å². The first-order chi connectivity index (χ1) is 10.1. The predicted octanol–water partition coefficient (Wildman–Crippen LogP) is 1.41. The molecule has 1 saturated heterocycles. The van der Waals surface area contributed by atoms with Crippen LogP contribution in [0.25, 0.3) is 0 Å². The third-order valence-corrected chi connectivity index (χ3v) is 4.35. The second-order valence-corrected chi connectivity index (χ2v) is 6.11. The van der Waals surface area contributed by atoms with Crippen LogP contribution < -0.4 is 20.1 Å². The van der Waals surface area contributed by atoms with Gasteiger partial charge in [0.15, 0.2) is 11.5 Å². The normalized spacial score (nSPS) is 19.1. The van der Waals surface area contributed by atoms with Crippen LogP contribution >= 0.6 is 11.8 Å². The van der Waals surface area contributed by atoms with E-state index in [1.807, 2.05) is 25.1 Å². The highest BCUT2D eigenvalue weighted by atomic mass is 32.2. The first-order valence-electron chi connectivity index (χ1n) is 6.96. The first-order valence-corrected chi connectivity index (χ1v) is 8.12. The lowest BCUT2D eigenvalue weighted by atomic mass is 10.1. The maximum Gasteiger partial charge on any atom is 0.238 e. The zero-order valence-corrected chi connectivity index (χ0v) is 13.5. The van der Waals surface area contributed by atoms with Crippen molar-refractivity contribution in [3.63, 3.8) is 0 Å². The Bertz CT molecular complexity index is 490. The van der Waals surface area contributed by atoms with E-state index in [9.17, 15) is 4.79 Å². The summed E-state index contributed by atoms with van der Waals surface area (Å²) < 4.78 is 10.5. The third-order valence-electron chi connectivity index (χ3n) is 3.41. The number of nitrogens with one attached hydrogen (secondary N) is 2. The Hall–Kier alpha value is -1.40. The Labute approximate surface area is 129 Å². The second kappa shape index (κ2) is 7.56. The van der Waals surface area contributed by atoms with Crippen molar-refractivity contribution < 1.29 is 14.3 Å². The molecule has 1 amide bonds. The van der Waals surface area contributed by atoms with E-state index in [0.29, 0.717) is 11.5 Å². The first kappa shape index (κ1) is 16.0. The highest BCUT2D eigenvalue weighted by Crippen LogP contribution is 2.27. The monoisotopic (exact) mass is 310 g/mol. The summed E-state index contributed by atoms with van der Waals surface area (Å²) in [5, 5.41) is 6.22. The molecule has 1 aromatic carbocycles. The maximum absolute atomic E-state index is 12.0. The summed E-state index contributed by atoms with van der Waals surface area (Å²) in [6.45, 7) is 2.01. The molecule has 21 heavy (non-hydrogen) atoms. The Morgan fingerprint density at radius 1 is 1.43 bits per heavy atom. The minimum absolute atomic E-state index is 0.0668. The van der Waals surface area contributed by atoms with E-state index < -0.39 is 0 Å². The van der Waals surface area contributed by atoms with Gasteiger partial charge in [-0.05, 0) is 31.0 Å². The molecule has 2 atom stereocenters. The van der Waals surface area contributed by atoms with Gasteiger partial charge >= 0.3 is 0 Å². The number of benzene rings is 1. The summed E-state index contributed by atoms with van der Waals surface area (Å²) in [6.07, 6.45) is 0.756. The fourth-order valence-electron chi connectivity index (χ4n) is 2.32. The molecule has 2 N–H and O–H groups in total. The molecule has 0 spiro atoms. The van der Waals surface area contributed by atoms with Crippen LogP contribution in [0, 0.1) is 0 Å². The van der Waals surface area contributed by atoms with E-state index in [0.717, 1.165) is 23.6 Å². The summed E-state index contributed by atoms with van der Waals surface area (Å²) >= 11 is 1.75. The summed E-state index contributed by atoms with van der Waals surface area (Å²) in [6, 6.07) is 5.84. The number of carbonyl (C=O) groups is 1. The van der Waals surface area contributed by atoms with E-state index in [2.05, 4.69) is 10.6 Å². The van der Waals surface area contributed by atoms with E-state index in [1.165, 1.54) is 0 Å². The molecule has 0 aromatic heterocycles. The number of carbonyl (C=O) groups excluding carboxylic acids is 1. The van der Waals surface area contributed by atoms with Gasteiger partial charge in [-0.3, -0.25) is 10.1 Å². The van der Waals surface area contributed by atoms with Gasteiger partial charge in [-0.1, -0.05) is 6.07 Å². The molecule has 0 aliphatic carbocycles. The average molecular weight is 310 g/mol. The number of rotatable bonds is 6. The summed E-state index contributed by atoms with van der Waals surface area (Å²) in [5.74, 6) is 3.19. The molecule has 0 bridgehead atoms. The van der Waals surface area contributed by atoms with Gasteiger partial charge in [0.2, 0.25) is 5.91 Å². The molecule has 0 saturated carbocycles. The van der Waals surface area contributed by atoms with Gasteiger partial charge < -0.3 is 14.8 Å². The molecule has 6 heteroatoms. The molecule has 116 valence electrons. The van der Waals surface area contributed by atoms with Gasteiger partial charge in [0.25, 0.3) is 0 Å². The number of ether oxygens (including phenoxy) is 2. The zero-order valence-electron chi connectivity index (χ0n) is 12.6. The molecule has 2 unspecified atom stereocenters. The SMILES string of the molecule is COc1ccc(CC(C)NC(=O)C2CSCN2)cc1OC. The van der Waals surface area contributed by atoms with Crippen LogP contribution in [-0.2, 0) is 11.2 Å². The molecule has 1 fully saturated rings. The van der Waals surface area contributed by atoms with Gasteiger partial charge in [0.05, 0.1) is 20.3 Å². The van der Waals surface area contributed by atoms with E-state index >= 15 is 0 Å². The Kier molecular flexibility index (Phi) is 5.76. The Balaban J connectivity index is 1.92. The summed E-state index contributed by atoms with van der Waals surface area (Å²) in [5.41, 5.74) is 1.11. The van der Waals surface area contributed by atoms with Crippen LogP contribution in [-0.4, -0.2) is 43.8 Å². The number of hydrogen-bond acceptors (Lipinski definition) is 5. The quantitative estimate of drug-likeness (QED) is 0.832. The van der Waals surface area contributed by atoms with Crippen molar-refractivity contribution in [1.29, 1.82) is 0 Å². The van der Waals surface area contributed by atoms with E-state index in [1.54, 1.807) is 26.0 Å². The minimum atomic E-state index is -0.0668. The Morgan fingerprint density at radius 2 is 2.19 bits per heavy atom. The van der Waals surface area contributed by atoms with Crippen molar-refractivity contribution >= 4 is 17.7 Å². The van der Waals surface area contributed by atoms with Crippen LogP contribution in [0.4, 0.5) is 0 Å². The molecular formula is C15H22N2O3S. The van der Waals surface area contributed by atoms with Crippen molar-refractivity contribution in [1.82, 2.24) is 10.6 Å². The van der Waals surface area contributed by atoms with E-state index in [4.69, 9.17) is 9.47 Å². The fourth-order valence-corrected chi connectivity index (χ4v) is 3.26. The van der Waals surface area contributed by atoms with Crippen molar-refractivity contribution in [2.75, 3.05) is 25.8 Å². The second-order valence-electron chi connectivity index (χ2n) is 5.07. The molecule has 1 aromatic rings. The lowest BCUT2D eigenvalue weighted by molar-refractivity contribution is -0.123. The Morgan fingerprint density at radius 3 is 2.81 bits per heavy atom. The van der Waals surface area contributed by atoms with Crippen LogP contribution in [0.15, 0.2) is 18.2 Å². The van der Waals surface area contributed by atoms with Crippen LogP contribution in [0.1, 0.15) is 12.5 Å². The third kappa shape index (κ3) is 4.28. The lowest BCUT2D eigenvalue weighted by Gasteiger charge is -2.17. The highest BCUT2D eigenvalue weighted by Gasteiger charge is 2.23. The maximum atomic E-state index is 12.0. The van der Waals surface area contributed by atoms with Gasteiger partial charge in [0, 0.05) is 17.7 Å². The molecule has 1 aliphatic heterocycles. The minimum Gasteiger partial charge on any atom is -0.493 e. The standard InChI is InChI=1S/C15H22N2O3S/c1-10(17-15(18)12-8-21-9-16-12)6-11-4-5-13(19-2)14(7-11)20-3/h4-5,7,10,12,16H,6,8-9H2,1-3H3,(H,17,18). The van der Waals surface area contributed by atoms with Gasteiger partial charge in [-0.2, -0.15) is 0 Å². The van der Waals surface area contributed by atoms with Crippen molar-refractivity contribution in [2.24, 2.45) is 0 Å². The molecule has 1 aliphatic rings. The number of amides is 1. The van der Waals surface area contributed by atoms with Crippen LogP contribution in [0.5, 0.6) is 11.5 Å². The zero-order chi connectivity index (χ0) is 15.2. The highest BCUT2D eigenvalue weighted by molar-refractivity contribution is 7.99. The molecule has 2 rings (SSSR count). The smallest absolute Gasteiger partial charge is 0.238 e. The summed E-state index contributed by atoms with van der Waals surface area (Å²) in [4.78, 5) is 12.0. The number of hydrogen-bond donors (Lipinski definition) is 2.